The predicted molar refractivity (Wildman–Crippen MR) is 128 cm³/mol. The Morgan fingerprint density at radius 3 is 2.39 bits per heavy atom. The summed E-state index contributed by atoms with van der Waals surface area (Å²) in [4.78, 5) is 28.9. The molecule has 176 valence electrons. The molecule has 1 fully saturated rings. The summed E-state index contributed by atoms with van der Waals surface area (Å²) < 4.78 is 18.5. The van der Waals surface area contributed by atoms with E-state index in [9.17, 15) is 14.0 Å². The van der Waals surface area contributed by atoms with Crippen molar-refractivity contribution < 1.29 is 18.7 Å². The van der Waals surface area contributed by atoms with E-state index in [2.05, 4.69) is 10.2 Å². The monoisotopic (exact) mass is 473 g/mol. The first-order chi connectivity index (χ1) is 15.6. The third kappa shape index (κ3) is 7.87. The molecule has 0 unspecified atom stereocenters. The SMILES string of the molecule is CC(C)(C)NC(=O)Oc1cc(Cl)ccc1/C=C/C(=O)N1CCN(Cc2ccc(F)cc2)CC1. The molecule has 1 aliphatic rings. The number of halogens is 2. The molecule has 0 aliphatic carbocycles. The van der Waals surface area contributed by atoms with Crippen molar-refractivity contribution >= 4 is 29.7 Å². The number of piperazine rings is 1. The second-order valence-electron chi connectivity index (χ2n) is 9.01. The van der Waals surface area contributed by atoms with Gasteiger partial charge in [-0.25, -0.2) is 9.18 Å². The molecule has 1 aliphatic heterocycles. The number of rotatable bonds is 5. The van der Waals surface area contributed by atoms with Crippen LogP contribution >= 0.6 is 11.6 Å². The second kappa shape index (κ2) is 10.8. The summed E-state index contributed by atoms with van der Waals surface area (Å²) in [6, 6.07) is 11.4. The number of amides is 2. The Labute approximate surface area is 199 Å². The molecule has 1 N–H and O–H groups in total. The number of ether oxygens (including phenoxy) is 1. The summed E-state index contributed by atoms with van der Waals surface area (Å²) in [5, 5.41) is 3.15. The van der Waals surface area contributed by atoms with Gasteiger partial charge in [0.1, 0.15) is 11.6 Å². The quantitative estimate of drug-likeness (QED) is 0.638. The van der Waals surface area contributed by atoms with Gasteiger partial charge in [0.2, 0.25) is 5.91 Å². The van der Waals surface area contributed by atoms with Gasteiger partial charge in [-0.1, -0.05) is 23.7 Å². The molecule has 3 rings (SSSR count). The molecule has 6 nitrogen and oxygen atoms in total. The van der Waals surface area contributed by atoms with Crippen molar-refractivity contribution in [1.29, 1.82) is 0 Å². The standard InChI is InChI=1S/C25H29ClFN3O3/c1-25(2,3)28-24(32)33-22-16-20(26)8-6-19(22)7-11-23(31)30-14-12-29(13-15-30)17-18-4-9-21(27)10-5-18/h4-11,16H,12-15,17H2,1-3H3,(H,28,32)/b11-7+. The van der Waals surface area contributed by atoms with Crippen LogP contribution in [0.2, 0.25) is 5.02 Å². The van der Waals surface area contributed by atoms with Gasteiger partial charge in [-0.05, 0) is 56.7 Å². The Balaban J connectivity index is 1.57. The highest BCUT2D eigenvalue weighted by Crippen LogP contribution is 2.25. The molecule has 0 atom stereocenters. The largest absolute Gasteiger partial charge is 0.413 e. The summed E-state index contributed by atoms with van der Waals surface area (Å²) in [7, 11) is 0. The van der Waals surface area contributed by atoms with Crippen molar-refractivity contribution in [2.45, 2.75) is 32.9 Å². The molecule has 1 heterocycles. The minimum atomic E-state index is -0.594. The Kier molecular flexibility index (Phi) is 8.10. The van der Waals surface area contributed by atoms with Crippen molar-refractivity contribution in [3.8, 4) is 5.75 Å². The van der Waals surface area contributed by atoms with Crippen LogP contribution < -0.4 is 10.1 Å². The maximum absolute atomic E-state index is 13.1. The molecule has 0 saturated carbocycles. The molecule has 0 radical (unpaired) electrons. The molecule has 1 saturated heterocycles. The van der Waals surface area contributed by atoms with Gasteiger partial charge in [0, 0.05) is 61.0 Å². The van der Waals surface area contributed by atoms with Crippen LogP contribution in [0.25, 0.3) is 6.08 Å². The Bertz CT molecular complexity index is 1010. The lowest BCUT2D eigenvalue weighted by molar-refractivity contribution is -0.127. The third-order valence-corrected chi connectivity index (χ3v) is 5.30. The fourth-order valence-electron chi connectivity index (χ4n) is 3.41. The number of carbonyl (C=O) groups excluding carboxylic acids is 2. The van der Waals surface area contributed by atoms with Gasteiger partial charge in [0.15, 0.2) is 0 Å². The lowest BCUT2D eigenvalue weighted by Crippen LogP contribution is -2.47. The zero-order valence-electron chi connectivity index (χ0n) is 19.1. The van der Waals surface area contributed by atoms with Gasteiger partial charge in [0.05, 0.1) is 0 Å². The molecule has 2 aromatic carbocycles. The van der Waals surface area contributed by atoms with Gasteiger partial charge in [0.25, 0.3) is 0 Å². The first kappa shape index (κ1) is 24.7. The van der Waals surface area contributed by atoms with E-state index in [4.69, 9.17) is 16.3 Å². The average Bonchev–Trinajstić information content (AvgIpc) is 2.74. The molecule has 33 heavy (non-hydrogen) atoms. The lowest BCUT2D eigenvalue weighted by Gasteiger charge is -2.34. The Morgan fingerprint density at radius 2 is 1.76 bits per heavy atom. The smallest absolute Gasteiger partial charge is 0.410 e. The highest BCUT2D eigenvalue weighted by molar-refractivity contribution is 6.30. The predicted octanol–water partition coefficient (Wildman–Crippen LogP) is 4.72. The van der Waals surface area contributed by atoms with Crippen LogP contribution in [0.3, 0.4) is 0 Å². The summed E-state index contributed by atoms with van der Waals surface area (Å²) >= 11 is 6.06. The molecular formula is C25H29ClFN3O3. The molecule has 2 aromatic rings. The average molecular weight is 474 g/mol. The highest BCUT2D eigenvalue weighted by atomic mass is 35.5. The number of carbonyl (C=O) groups is 2. The van der Waals surface area contributed by atoms with E-state index < -0.39 is 11.6 Å². The summed E-state index contributed by atoms with van der Waals surface area (Å²) in [5.41, 5.74) is 1.18. The molecule has 2 amide bonds. The lowest BCUT2D eigenvalue weighted by atomic mass is 10.1. The minimum Gasteiger partial charge on any atom is -0.410 e. The first-order valence-electron chi connectivity index (χ1n) is 10.8. The van der Waals surface area contributed by atoms with Gasteiger partial charge < -0.3 is 15.0 Å². The molecule has 0 aromatic heterocycles. The van der Waals surface area contributed by atoms with Gasteiger partial charge in [-0.2, -0.15) is 0 Å². The van der Waals surface area contributed by atoms with Crippen molar-refractivity contribution in [1.82, 2.24) is 15.1 Å². The van der Waals surface area contributed by atoms with Crippen LogP contribution in [0.1, 0.15) is 31.9 Å². The normalized spacial score (nSPS) is 15.0. The van der Waals surface area contributed by atoms with Crippen LogP contribution in [0.15, 0.2) is 48.5 Å². The number of benzene rings is 2. The summed E-state index contributed by atoms with van der Waals surface area (Å²) in [6.07, 6.45) is 2.51. The van der Waals surface area contributed by atoms with Crippen LogP contribution in [0, 0.1) is 5.82 Å². The fraction of sp³-hybridized carbons (Fsp3) is 0.360. The first-order valence-corrected chi connectivity index (χ1v) is 11.2. The van der Waals surface area contributed by atoms with Crippen LogP contribution in [-0.4, -0.2) is 53.5 Å². The number of hydrogen-bond donors (Lipinski definition) is 1. The second-order valence-corrected chi connectivity index (χ2v) is 9.44. The number of nitrogens with zero attached hydrogens (tertiary/aromatic N) is 2. The van der Waals surface area contributed by atoms with Gasteiger partial charge >= 0.3 is 6.09 Å². The maximum Gasteiger partial charge on any atom is 0.413 e. The molecular weight excluding hydrogens is 445 g/mol. The van der Waals surface area contributed by atoms with Crippen molar-refractivity contribution in [2.24, 2.45) is 0 Å². The molecule has 0 spiro atoms. The van der Waals surface area contributed by atoms with E-state index in [0.717, 1.165) is 25.2 Å². The Morgan fingerprint density at radius 1 is 1.09 bits per heavy atom. The fourth-order valence-corrected chi connectivity index (χ4v) is 3.57. The highest BCUT2D eigenvalue weighted by Gasteiger charge is 2.20. The van der Waals surface area contributed by atoms with Gasteiger partial charge in [-0.15, -0.1) is 0 Å². The van der Waals surface area contributed by atoms with E-state index in [-0.39, 0.29) is 17.5 Å². The van der Waals surface area contributed by atoms with Crippen molar-refractivity contribution in [3.05, 3.63) is 70.5 Å². The third-order valence-electron chi connectivity index (χ3n) is 5.06. The zero-order valence-corrected chi connectivity index (χ0v) is 19.9. The summed E-state index contributed by atoms with van der Waals surface area (Å²) in [6.45, 7) is 8.95. The van der Waals surface area contributed by atoms with Gasteiger partial charge in [-0.3, -0.25) is 9.69 Å². The van der Waals surface area contributed by atoms with Crippen LogP contribution in [-0.2, 0) is 11.3 Å². The van der Waals surface area contributed by atoms with E-state index in [1.54, 1.807) is 41.3 Å². The molecule has 0 bridgehead atoms. The number of nitrogens with one attached hydrogen (secondary N) is 1. The summed E-state index contributed by atoms with van der Waals surface area (Å²) in [5.74, 6) is -0.0843. The Hall–Kier alpha value is -2.90. The van der Waals surface area contributed by atoms with E-state index in [1.165, 1.54) is 18.2 Å². The minimum absolute atomic E-state index is 0.114. The zero-order chi connectivity index (χ0) is 24.0. The van der Waals surface area contributed by atoms with Crippen molar-refractivity contribution in [2.75, 3.05) is 26.2 Å². The van der Waals surface area contributed by atoms with E-state index in [1.807, 2.05) is 20.8 Å². The van der Waals surface area contributed by atoms with Crippen LogP contribution in [0.4, 0.5) is 9.18 Å². The number of hydrogen-bond acceptors (Lipinski definition) is 4. The van der Waals surface area contributed by atoms with E-state index in [0.29, 0.717) is 23.7 Å². The topological polar surface area (TPSA) is 61.9 Å². The van der Waals surface area contributed by atoms with E-state index >= 15 is 0 Å². The maximum atomic E-state index is 13.1. The van der Waals surface area contributed by atoms with Crippen LogP contribution in [0.5, 0.6) is 5.75 Å². The van der Waals surface area contributed by atoms with Crippen molar-refractivity contribution in [3.63, 3.8) is 0 Å². The molecule has 8 heteroatoms.